The molecule has 1 saturated carbocycles. The average molecular weight is 332 g/mol. The zero-order valence-corrected chi connectivity index (χ0v) is 14.1. The van der Waals surface area contributed by atoms with Crippen LogP contribution in [-0.4, -0.2) is 29.8 Å². The summed E-state index contributed by atoms with van der Waals surface area (Å²) >= 11 is 0. The second kappa shape index (κ2) is 7.32. The van der Waals surface area contributed by atoms with Crippen LogP contribution in [0.5, 0.6) is 0 Å². The minimum atomic E-state index is -0.324. The predicted octanol–water partition coefficient (Wildman–Crippen LogP) is 3.18. The molecular weight excluding hydrogens is 307 g/mol. The molecule has 1 saturated heterocycles. The van der Waals surface area contributed by atoms with Crippen LogP contribution in [0.2, 0.25) is 0 Å². The highest BCUT2D eigenvalue weighted by molar-refractivity contribution is 5.85. The van der Waals surface area contributed by atoms with Crippen LogP contribution < -0.4 is 5.32 Å². The van der Waals surface area contributed by atoms with Gasteiger partial charge in [0.25, 0.3) is 0 Å². The summed E-state index contributed by atoms with van der Waals surface area (Å²) in [5, 5.41) is 3.18. The van der Waals surface area contributed by atoms with Crippen molar-refractivity contribution in [2.75, 3.05) is 7.05 Å². The number of nitrogens with one attached hydrogen (secondary N) is 1. The van der Waals surface area contributed by atoms with E-state index in [2.05, 4.69) is 5.32 Å². The Labute approximate surface area is 142 Å². The van der Waals surface area contributed by atoms with Gasteiger partial charge in [0.1, 0.15) is 5.82 Å². The first kappa shape index (κ1) is 16.9. The average Bonchev–Trinajstić information content (AvgIpc) is 2.59. The molecule has 4 nitrogen and oxygen atoms in total. The molecule has 2 fully saturated rings. The molecule has 1 heterocycles. The Morgan fingerprint density at radius 3 is 2.46 bits per heavy atom. The molecule has 2 amide bonds. The zero-order valence-electron chi connectivity index (χ0n) is 14.1. The van der Waals surface area contributed by atoms with E-state index < -0.39 is 0 Å². The lowest BCUT2D eigenvalue weighted by atomic mass is 9.83. The van der Waals surface area contributed by atoms with E-state index in [4.69, 9.17) is 0 Å². The van der Waals surface area contributed by atoms with Gasteiger partial charge in [0, 0.05) is 19.5 Å². The third kappa shape index (κ3) is 3.60. The molecule has 2 atom stereocenters. The SMILES string of the molecule is CN1C(=O)CC[C@@H](C(=O)NC2CCCCC2)[C@H]1c1ccc(F)cc1. The number of halogens is 1. The van der Waals surface area contributed by atoms with Gasteiger partial charge < -0.3 is 10.2 Å². The van der Waals surface area contributed by atoms with Gasteiger partial charge in [-0.05, 0) is 37.0 Å². The van der Waals surface area contributed by atoms with Crippen LogP contribution in [0.1, 0.15) is 56.6 Å². The largest absolute Gasteiger partial charge is 0.353 e. The van der Waals surface area contributed by atoms with Gasteiger partial charge in [-0.15, -0.1) is 0 Å². The molecule has 0 bridgehead atoms. The monoisotopic (exact) mass is 332 g/mol. The molecule has 0 aromatic heterocycles. The van der Waals surface area contributed by atoms with Gasteiger partial charge in [-0.3, -0.25) is 9.59 Å². The summed E-state index contributed by atoms with van der Waals surface area (Å²) in [7, 11) is 1.73. The molecule has 1 aliphatic carbocycles. The van der Waals surface area contributed by atoms with Gasteiger partial charge in [0.2, 0.25) is 11.8 Å². The molecule has 3 rings (SSSR count). The first-order chi connectivity index (χ1) is 11.6. The van der Waals surface area contributed by atoms with Crippen molar-refractivity contribution in [2.45, 2.75) is 57.0 Å². The van der Waals surface area contributed by atoms with Gasteiger partial charge in [0.15, 0.2) is 0 Å². The van der Waals surface area contributed by atoms with Crippen LogP contribution in [0, 0.1) is 11.7 Å². The van der Waals surface area contributed by atoms with Crippen molar-refractivity contribution in [3.63, 3.8) is 0 Å². The summed E-state index contributed by atoms with van der Waals surface area (Å²) < 4.78 is 13.2. The van der Waals surface area contributed by atoms with Crippen LogP contribution in [0.25, 0.3) is 0 Å². The fraction of sp³-hybridized carbons (Fsp3) is 0.579. The maximum atomic E-state index is 13.2. The van der Waals surface area contributed by atoms with Crippen LogP contribution in [0.3, 0.4) is 0 Å². The lowest BCUT2D eigenvalue weighted by Crippen LogP contribution is -2.48. The molecule has 0 unspecified atom stereocenters. The highest BCUT2D eigenvalue weighted by Gasteiger charge is 2.39. The maximum absolute atomic E-state index is 13.2. The summed E-state index contributed by atoms with van der Waals surface area (Å²) in [6.45, 7) is 0. The van der Waals surface area contributed by atoms with Gasteiger partial charge in [-0.2, -0.15) is 0 Å². The lowest BCUT2D eigenvalue weighted by Gasteiger charge is -2.39. The van der Waals surface area contributed by atoms with E-state index in [1.807, 2.05) is 0 Å². The van der Waals surface area contributed by atoms with Crippen LogP contribution >= 0.6 is 0 Å². The number of carbonyl (C=O) groups is 2. The van der Waals surface area contributed by atoms with Gasteiger partial charge in [-0.25, -0.2) is 4.39 Å². The Hall–Kier alpha value is -1.91. The number of rotatable bonds is 3. The predicted molar refractivity (Wildman–Crippen MR) is 89.7 cm³/mol. The summed E-state index contributed by atoms with van der Waals surface area (Å²) in [6, 6.07) is 6.06. The van der Waals surface area contributed by atoms with Crippen LogP contribution in [0.4, 0.5) is 4.39 Å². The molecule has 1 aromatic carbocycles. The second-order valence-electron chi connectivity index (χ2n) is 6.99. The molecule has 0 radical (unpaired) electrons. The van der Waals surface area contributed by atoms with Crippen molar-refractivity contribution < 1.29 is 14.0 Å². The quantitative estimate of drug-likeness (QED) is 0.924. The Bertz CT molecular complexity index is 596. The minimum absolute atomic E-state index is 0.0237. The number of piperidine rings is 1. The third-order valence-corrected chi connectivity index (χ3v) is 5.36. The number of nitrogens with zero attached hydrogens (tertiary/aromatic N) is 1. The number of amides is 2. The number of hydrogen-bond donors (Lipinski definition) is 1. The van der Waals surface area contributed by atoms with Crippen molar-refractivity contribution in [2.24, 2.45) is 5.92 Å². The van der Waals surface area contributed by atoms with Crippen LogP contribution in [-0.2, 0) is 9.59 Å². The molecule has 2 aliphatic rings. The fourth-order valence-corrected chi connectivity index (χ4v) is 3.98. The van der Waals surface area contributed by atoms with Gasteiger partial charge in [0.05, 0.1) is 12.0 Å². The topological polar surface area (TPSA) is 49.4 Å². The molecule has 0 spiro atoms. The van der Waals surface area contributed by atoms with Crippen molar-refractivity contribution in [1.29, 1.82) is 0 Å². The van der Waals surface area contributed by atoms with Crippen LogP contribution in [0.15, 0.2) is 24.3 Å². The highest BCUT2D eigenvalue weighted by atomic mass is 19.1. The van der Waals surface area contributed by atoms with Crippen molar-refractivity contribution in [1.82, 2.24) is 10.2 Å². The number of hydrogen-bond acceptors (Lipinski definition) is 2. The molecule has 1 aliphatic heterocycles. The lowest BCUT2D eigenvalue weighted by molar-refractivity contribution is -0.142. The Morgan fingerprint density at radius 2 is 1.79 bits per heavy atom. The minimum Gasteiger partial charge on any atom is -0.353 e. The standard InChI is InChI=1S/C19H25FN2O2/c1-22-17(23)12-11-16(18(22)13-7-9-14(20)10-8-13)19(24)21-15-5-3-2-4-6-15/h7-10,15-16,18H,2-6,11-12H2,1H3,(H,21,24)/t16-,18-/m1/s1. The van der Waals surface area contributed by atoms with E-state index in [1.165, 1.54) is 18.6 Å². The maximum Gasteiger partial charge on any atom is 0.225 e. The molecular formula is C19H25FN2O2. The zero-order chi connectivity index (χ0) is 17.1. The Morgan fingerprint density at radius 1 is 1.12 bits per heavy atom. The normalized spacial score (nSPS) is 25.6. The first-order valence-electron chi connectivity index (χ1n) is 8.88. The van der Waals surface area contributed by atoms with E-state index in [0.717, 1.165) is 31.2 Å². The van der Waals surface area contributed by atoms with Gasteiger partial charge >= 0.3 is 0 Å². The summed E-state index contributed by atoms with van der Waals surface area (Å²) in [5.41, 5.74) is 0.816. The van der Waals surface area contributed by atoms with E-state index in [-0.39, 0.29) is 35.6 Å². The smallest absolute Gasteiger partial charge is 0.225 e. The Balaban J connectivity index is 1.79. The highest BCUT2D eigenvalue weighted by Crippen LogP contribution is 2.36. The van der Waals surface area contributed by atoms with E-state index in [1.54, 1.807) is 24.1 Å². The number of likely N-dealkylation sites (tertiary alicyclic amines) is 1. The fourth-order valence-electron chi connectivity index (χ4n) is 3.98. The number of carbonyl (C=O) groups excluding carboxylic acids is 2. The third-order valence-electron chi connectivity index (χ3n) is 5.36. The summed E-state index contributed by atoms with van der Waals surface area (Å²) in [5.74, 6) is -0.534. The molecule has 130 valence electrons. The van der Waals surface area contributed by atoms with E-state index in [9.17, 15) is 14.0 Å². The first-order valence-corrected chi connectivity index (χ1v) is 8.88. The molecule has 1 N–H and O–H groups in total. The molecule has 5 heteroatoms. The van der Waals surface area contributed by atoms with Gasteiger partial charge in [-0.1, -0.05) is 31.4 Å². The molecule has 24 heavy (non-hydrogen) atoms. The summed E-state index contributed by atoms with van der Waals surface area (Å²) in [6.07, 6.45) is 6.57. The van der Waals surface area contributed by atoms with Crippen molar-refractivity contribution in [3.05, 3.63) is 35.6 Å². The number of benzene rings is 1. The van der Waals surface area contributed by atoms with E-state index in [0.29, 0.717) is 12.8 Å². The summed E-state index contributed by atoms with van der Waals surface area (Å²) in [4.78, 5) is 26.6. The second-order valence-corrected chi connectivity index (χ2v) is 6.99. The van der Waals surface area contributed by atoms with Crippen molar-refractivity contribution in [3.8, 4) is 0 Å². The van der Waals surface area contributed by atoms with E-state index >= 15 is 0 Å². The molecule has 1 aromatic rings. The Kier molecular flexibility index (Phi) is 5.17. The van der Waals surface area contributed by atoms with Crippen molar-refractivity contribution >= 4 is 11.8 Å².